The summed E-state index contributed by atoms with van der Waals surface area (Å²) >= 11 is 0. The van der Waals surface area contributed by atoms with E-state index in [-0.39, 0.29) is 11.4 Å². The lowest BCUT2D eigenvalue weighted by Gasteiger charge is -2.28. The van der Waals surface area contributed by atoms with E-state index in [1.807, 2.05) is 0 Å². The van der Waals surface area contributed by atoms with E-state index < -0.39 is 0 Å². The molecule has 1 saturated carbocycles. The molecule has 1 fully saturated rings. The highest BCUT2D eigenvalue weighted by Crippen LogP contribution is 2.43. The number of hydrogen-bond donors (Lipinski definition) is 2. The molecule has 1 aliphatic heterocycles. The first-order valence-corrected chi connectivity index (χ1v) is 4.59. The second kappa shape index (κ2) is 2.16. The van der Waals surface area contributed by atoms with E-state index in [0.717, 1.165) is 17.9 Å². The topological polar surface area (TPSA) is 24.1 Å². The van der Waals surface area contributed by atoms with Gasteiger partial charge < -0.3 is 10.6 Å². The van der Waals surface area contributed by atoms with Crippen molar-refractivity contribution < 1.29 is 4.39 Å². The minimum Gasteiger partial charge on any atom is -0.381 e. The van der Waals surface area contributed by atoms with E-state index in [9.17, 15) is 4.39 Å². The van der Waals surface area contributed by atoms with Crippen molar-refractivity contribution >= 4 is 11.4 Å². The van der Waals surface area contributed by atoms with Crippen LogP contribution in [0.5, 0.6) is 0 Å². The third-order valence-electron chi connectivity index (χ3n) is 2.85. The van der Waals surface area contributed by atoms with E-state index >= 15 is 0 Å². The van der Waals surface area contributed by atoms with E-state index in [1.165, 1.54) is 18.9 Å². The average molecular weight is 178 g/mol. The molecule has 13 heavy (non-hydrogen) atoms. The van der Waals surface area contributed by atoms with E-state index in [2.05, 4.69) is 10.6 Å². The van der Waals surface area contributed by atoms with Crippen LogP contribution in [0, 0.1) is 5.82 Å². The Labute approximate surface area is 76.1 Å². The molecule has 1 aromatic rings. The smallest absolute Gasteiger partial charge is 0.125 e. The number of halogens is 1. The van der Waals surface area contributed by atoms with E-state index in [4.69, 9.17) is 0 Å². The van der Waals surface area contributed by atoms with Crippen molar-refractivity contribution in [2.75, 3.05) is 17.2 Å². The predicted octanol–water partition coefficient (Wildman–Crippen LogP) is 2.20. The molecular formula is C10H11FN2. The zero-order chi connectivity index (χ0) is 8.89. The molecule has 0 radical (unpaired) electrons. The molecule has 0 aromatic heterocycles. The van der Waals surface area contributed by atoms with Gasteiger partial charge in [-0.05, 0) is 31.0 Å². The van der Waals surface area contributed by atoms with Gasteiger partial charge in [-0.15, -0.1) is 0 Å². The SMILES string of the molecule is Fc1ccc2c(c1)NC1(CC1)CN2. The molecule has 1 aliphatic carbocycles. The van der Waals surface area contributed by atoms with Gasteiger partial charge in [0, 0.05) is 6.54 Å². The fourth-order valence-corrected chi connectivity index (χ4v) is 1.82. The van der Waals surface area contributed by atoms with Gasteiger partial charge in [0.15, 0.2) is 0 Å². The molecule has 0 bridgehead atoms. The summed E-state index contributed by atoms with van der Waals surface area (Å²) in [5.41, 5.74) is 2.16. The van der Waals surface area contributed by atoms with Crippen LogP contribution >= 0.6 is 0 Å². The number of fused-ring (bicyclic) bond motifs is 1. The summed E-state index contributed by atoms with van der Waals surface area (Å²) in [6.07, 6.45) is 2.38. The van der Waals surface area contributed by atoms with Gasteiger partial charge >= 0.3 is 0 Å². The molecule has 2 N–H and O–H groups in total. The predicted molar refractivity (Wildman–Crippen MR) is 50.5 cm³/mol. The number of hydrogen-bond acceptors (Lipinski definition) is 2. The van der Waals surface area contributed by atoms with Crippen LogP contribution < -0.4 is 10.6 Å². The zero-order valence-electron chi connectivity index (χ0n) is 7.23. The van der Waals surface area contributed by atoms with Gasteiger partial charge in [-0.1, -0.05) is 0 Å². The Balaban J connectivity index is 2.02. The molecule has 0 unspecified atom stereocenters. The monoisotopic (exact) mass is 178 g/mol. The minimum atomic E-state index is -0.175. The van der Waals surface area contributed by atoms with Gasteiger partial charge in [0.1, 0.15) is 5.82 Å². The van der Waals surface area contributed by atoms with Gasteiger partial charge in [0.25, 0.3) is 0 Å². The molecule has 1 aromatic carbocycles. The van der Waals surface area contributed by atoms with Crippen molar-refractivity contribution in [3.8, 4) is 0 Å². The molecule has 1 heterocycles. The Morgan fingerprint density at radius 1 is 1.23 bits per heavy atom. The molecule has 3 rings (SSSR count). The van der Waals surface area contributed by atoms with Crippen molar-refractivity contribution in [3.05, 3.63) is 24.0 Å². The molecule has 2 aliphatic rings. The molecule has 2 nitrogen and oxygen atoms in total. The summed E-state index contributed by atoms with van der Waals surface area (Å²) in [4.78, 5) is 0. The third kappa shape index (κ3) is 1.07. The van der Waals surface area contributed by atoms with Crippen molar-refractivity contribution in [3.63, 3.8) is 0 Å². The summed E-state index contributed by atoms with van der Waals surface area (Å²) < 4.78 is 12.9. The van der Waals surface area contributed by atoms with Gasteiger partial charge in [-0.3, -0.25) is 0 Å². The summed E-state index contributed by atoms with van der Waals surface area (Å²) in [5.74, 6) is -0.175. The van der Waals surface area contributed by atoms with Crippen LogP contribution in [-0.2, 0) is 0 Å². The lowest BCUT2D eigenvalue weighted by Crippen LogP contribution is -2.34. The Morgan fingerprint density at radius 2 is 2.08 bits per heavy atom. The summed E-state index contributed by atoms with van der Waals surface area (Å²) in [6.45, 7) is 0.964. The maximum absolute atomic E-state index is 12.9. The summed E-state index contributed by atoms with van der Waals surface area (Å²) in [6, 6.07) is 4.83. The lowest BCUT2D eigenvalue weighted by atomic mass is 10.1. The van der Waals surface area contributed by atoms with Gasteiger partial charge in [0.2, 0.25) is 0 Å². The third-order valence-corrected chi connectivity index (χ3v) is 2.85. The standard InChI is InChI=1S/C10H11FN2/c11-7-1-2-8-9(5-7)13-10(3-4-10)6-12-8/h1-2,5,12-13H,3-4,6H2. The average Bonchev–Trinajstić information content (AvgIpc) is 2.84. The molecule has 1 spiro atoms. The maximum Gasteiger partial charge on any atom is 0.125 e. The summed E-state index contributed by atoms with van der Waals surface area (Å²) in [5, 5.41) is 6.70. The highest BCUT2D eigenvalue weighted by atomic mass is 19.1. The Morgan fingerprint density at radius 3 is 2.85 bits per heavy atom. The van der Waals surface area contributed by atoms with E-state index in [1.54, 1.807) is 12.1 Å². The molecule has 0 atom stereocenters. The summed E-state index contributed by atoms with van der Waals surface area (Å²) in [7, 11) is 0. The van der Waals surface area contributed by atoms with Crippen LogP contribution in [-0.4, -0.2) is 12.1 Å². The van der Waals surface area contributed by atoms with Gasteiger partial charge in [-0.2, -0.15) is 0 Å². The lowest BCUT2D eigenvalue weighted by molar-refractivity contribution is 0.626. The molecule has 3 heteroatoms. The maximum atomic E-state index is 12.9. The molecule has 0 saturated heterocycles. The quantitative estimate of drug-likeness (QED) is 0.636. The molecular weight excluding hydrogens is 167 g/mol. The molecule has 68 valence electrons. The van der Waals surface area contributed by atoms with Crippen LogP contribution in [0.25, 0.3) is 0 Å². The Hall–Kier alpha value is -1.25. The fraction of sp³-hybridized carbons (Fsp3) is 0.400. The first-order valence-electron chi connectivity index (χ1n) is 4.59. The van der Waals surface area contributed by atoms with Crippen molar-refractivity contribution in [2.45, 2.75) is 18.4 Å². The highest BCUT2D eigenvalue weighted by molar-refractivity contribution is 5.73. The normalized spacial score (nSPS) is 21.6. The van der Waals surface area contributed by atoms with E-state index in [0.29, 0.717) is 0 Å². The number of rotatable bonds is 0. The van der Waals surface area contributed by atoms with Crippen LogP contribution in [0.2, 0.25) is 0 Å². The van der Waals surface area contributed by atoms with Crippen molar-refractivity contribution in [1.82, 2.24) is 0 Å². The largest absolute Gasteiger partial charge is 0.381 e. The van der Waals surface area contributed by atoms with Crippen molar-refractivity contribution in [2.24, 2.45) is 0 Å². The zero-order valence-corrected chi connectivity index (χ0v) is 7.23. The van der Waals surface area contributed by atoms with Gasteiger partial charge in [0.05, 0.1) is 16.9 Å². The Bertz CT molecular complexity index is 358. The van der Waals surface area contributed by atoms with Crippen LogP contribution in [0.3, 0.4) is 0 Å². The molecule has 0 amide bonds. The number of nitrogens with one attached hydrogen (secondary N) is 2. The fourth-order valence-electron chi connectivity index (χ4n) is 1.82. The van der Waals surface area contributed by atoms with Crippen LogP contribution in [0.4, 0.5) is 15.8 Å². The number of benzene rings is 1. The van der Waals surface area contributed by atoms with Crippen LogP contribution in [0.1, 0.15) is 12.8 Å². The van der Waals surface area contributed by atoms with Crippen LogP contribution in [0.15, 0.2) is 18.2 Å². The highest BCUT2D eigenvalue weighted by Gasteiger charge is 2.44. The first kappa shape index (κ1) is 7.18. The first-order chi connectivity index (χ1) is 6.27. The minimum absolute atomic E-state index is 0.175. The second-order valence-electron chi connectivity index (χ2n) is 3.95. The van der Waals surface area contributed by atoms with Gasteiger partial charge in [-0.25, -0.2) is 4.39 Å². The number of anilines is 2. The van der Waals surface area contributed by atoms with Crippen molar-refractivity contribution in [1.29, 1.82) is 0 Å². The second-order valence-corrected chi connectivity index (χ2v) is 3.95. The Kier molecular flexibility index (Phi) is 1.19.